The number of hydrazone groups is 1. The molecular formula is C21H18ClFN6O2. The summed E-state index contributed by atoms with van der Waals surface area (Å²) in [6.07, 6.45) is 3.49. The SMILES string of the molecule is NC(=O)C1CC(C(=O)NCc2cnn(-c3ccc(Cl)cc3)c2)=NN1c1ccc(F)cc1. The van der Waals surface area contributed by atoms with Crippen molar-refractivity contribution in [2.45, 2.75) is 19.0 Å². The van der Waals surface area contributed by atoms with Crippen molar-refractivity contribution in [1.29, 1.82) is 0 Å². The molecule has 3 aromatic rings. The van der Waals surface area contributed by atoms with Gasteiger partial charge in [0.2, 0.25) is 5.91 Å². The molecule has 0 bridgehead atoms. The van der Waals surface area contributed by atoms with E-state index in [0.29, 0.717) is 10.7 Å². The molecule has 3 N–H and O–H groups in total. The van der Waals surface area contributed by atoms with E-state index in [9.17, 15) is 14.0 Å². The van der Waals surface area contributed by atoms with Crippen molar-refractivity contribution in [2.24, 2.45) is 10.8 Å². The van der Waals surface area contributed by atoms with Gasteiger partial charge in [-0.1, -0.05) is 11.6 Å². The molecule has 1 atom stereocenters. The van der Waals surface area contributed by atoms with E-state index in [1.54, 1.807) is 29.2 Å². The van der Waals surface area contributed by atoms with Crippen LogP contribution in [0.5, 0.6) is 0 Å². The first-order valence-corrected chi connectivity index (χ1v) is 9.78. The molecule has 1 unspecified atom stereocenters. The Morgan fingerprint density at radius 1 is 1.13 bits per heavy atom. The zero-order chi connectivity index (χ0) is 22.0. The molecule has 4 rings (SSSR count). The number of rotatable bonds is 6. The second-order valence-electron chi connectivity index (χ2n) is 6.94. The minimum atomic E-state index is -0.820. The number of hydrogen-bond acceptors (Lipinski definition) is 5. The molecule has 1 aliphatic heterocycles. The van der Waals surface area contributed by atoms with E-state index in [2.05, 4.69) is 15.5 Å². The highest BCUT2D eigenvalue weighted by atomic mass is 35.5. The maximum atomic E-state index is 13.2. The van der Waals surface area contributed by atoms with Gasteiger partial charge < -0.3 is 11.1 Å². The quantitative estimate of drug-likeness (QED) is 0.613. The number of carbonyl (C=O) groups is 2. The van der Waals surface area contributed by atoms with Gasteiger partial charge in [-0.05, 0) is 48.5 Å². The van der Waals surface area contributed by atoms with Gasteiger partial charge >= 0.3 is 0 Å². The summed E-state index contributed by atoms with van der Waals surface area (Å²) in [7, 11) is 0. The summed E-state index contributed by atoms with van der Waals surface area (Å²) in [5.74, 6) is -1.46. The summed E-state index contributed by atoms with van der Waals surface area (Å²) in [6, 6.07) is 11.8. The number of hydrogen-bond donors (Lipinski definition) is 2. The molecule has 0 spiro atoms. The number of anilines is 1. The molecule has 2 aromatic carbocycles. The van der Waals surface area contributed by atoms with E-state index in [-0.39, 0.29) is 18.7 Å². The molecule has 31 heavy (non-hydrogen) atoms. The Bertz CT molecular complexity index is 1140. The number of halogens is 2. The van der Waals surface area contributed by atoms with Crippen molar-refractivity contribution in [1.82, 2.24) is 15.1 Å². The van der Waals surface area contributed by atoms with Crippen LogP contribution < -0.4 is 16.1 Å². The van der Waals surface area contributed by atoms with E-state index < -0.39 is 23.7 Å². The zero-order valence-electron chi connectivity index (χ0n) is 16.2. The van der Waals surface area contributed by atoms with Gasteiger partial charge in [0, 0.05) is 29.7 Å². The van der Waals surface area contributed by atoms with Crippen molar-refractivity contribution < 1.29 is 14.0 Å². The number of nitrogens with zero attached hydrogens (tertiary/aromatic N) is 4. The second-order valence-corrected chi connectivity index (χ2v) is 7.38. The van der Waals surface area contributed by atoms with Crippen molar-refractivity contribution in [3.63, 3.8) is 0 Å². The molecule has 1 aliphatic rings. The van der Waals surface area contributed by atoms with E-state index in [4.69, 9.17) is 17.3 Å². The lowest BCUT2D eigenvalue weighted by Gasteiger charge is -2.20. The summed E-state index contributed by atoms with van der Waals surface area (Å²) < 4.78 is 14.9. The predicted octanol–water partition coefficient (Wildman–Crippen LogP) is 2.40. The predicted molar refractivity (Wildman–Crippen MR) is 114 cm³/mol. The van der Waals surface area contributed by atoms with Crippen LogP contribution in [-0.2, 0) is 16.1 Å². The zero-order valence-corrected chi connectivity index (χ0v) is 17.0. The minimum Gasteiger partial charge on any atom is -0.368 e. The second kappa shape index (κ2) is 8.57. The van der Waals surface area contributed by atoms with Crippen molar-refractivity contribution >= 4 is 34.8 Å². The fourth-order valence-electron chi connectivity index (χ4n) is 3.17. The molecule has 2 heterocycles. The Hall–Kier alpha value is -3.72. The molecule has 0 aliphatic carbocycles. The molecule has 0 saturated carbocycles. The molecule has 158 valence electrons. The van der Waals surface area contributed by atoms with E-state index in [1.807, 2.05) is 12.1 Å². The van der Waals surface area contributed by atoms with Crippen LogP contribution in [0.4, 0.5) is 10.1 Å². The number of nitrogens with two attached hydrogens (primary N) is 1. The van der Waals surface area contributed by atoms with E-state index in [1.165, 1.54) is 29.3 Å². The highest BCUT2D eigenvalue weighted by molar-refractivity contribution is 6.40. The Balaban J connectivity index is 1.43. The maximum absolute atomic E-state index is 13.2. The van der Waals surface area contributed by atoms with Crippen LogP contribution in [0.15, 0.2) is 66.0 Å². The molecule has 8 nitrogen and oxygen atoms in total. The van der Waals surface area contributed by atoms with Crippen molar-refractivity contribution in [3.8, 4) is 5.69 Å². The van der Waals surface area contributed by atoms with Gasteiger partial charge in [0.25, 0.3) is 5.91 Å². The average molecular weight is 441 g/mol. The van der Waals surface area contributed by atoms with Crippen LogP contribution in [0, 0.1) is 5.82 Å². The largest absolute Gasteiger partial charge is 0.368 e. The van der Waals surface area contributed by atoms with Crippen LogP contribution in [0.2, 0.25) is 5.02 Å². The number of aromatic nitrogens is 2. The third-order valence-electron chi connectivity index (χ3n) is 4.77. The number of benzene rings is 2. The van der Waals surface area contributed by atoms with Crippen molar-refractivity contribution in [2.75, 3.05) is 5.01 Å². The Labute approximate surface area is 182 Å². The van der Waals surface area contributed by atoms with Gasteiger partial charge in [-0.25, -0.2) is 9.07 Å². The van der Waals surface area contributed by atoms with Crippen molar-refractivity contribution in [3.05, 3.63) is 77.3 Å². The average Bonchev–Trinajstić information content (AvgIpc) is 3.41. The summed E-state index contributed by atoms with van der Waals surface area (Å²) in [6.45, 7) is 0.225. The summed E-state index contributed by atoms with van der Waals surface area (Å²) in [4.78, 5) is 24.4. The Kier molecular flexibility index (Phi) is 5.68. The summed E-state index contributed by atoms with van der Waals surface area (Å²) >= 11 is 5.90. The number of primary amides is 1. The first-order chi connectivity index (χ1) is 14.9. The van der Waals surface area contributed by atoms with Crippen LogP contribution in [0.3, 0.4) is 0 Å². The van der Waals surface area contributed by atoms with Crippen LogP contribution in [-0.4, -0.2) is 33.3 Å². The first-order valence-electron chi connectivity index (χ1n) is 9.40. The molecule has 0 saturated heterocycles. The molecule has 0 fully saturated rings. The lowest BCUT2D eigenvalue weighted by molar-refractivity contribution is -0.119. The number of amides is 2. The maximum Gasteiger partial charge on any atom is 0.267 e. The molecule has 1 aromatic heterocycles. The van der Waals surface area contributed by atoms with Crippen LogP contribution in [0.25, 0.3) is 5.69 Å². The summed E-state index contributed by atoms with van der Waals surface area (Å²) in [5, 5.41) is 13.3. The number of carbonyl (C=O) groups excluding carboxylic acids is 2. The van der Waals surface area contributed by atoms with Gasteiger partial charge in [0.1, 0.15) is 17.6 Å². The van der Waals surface area contributed by atoms with Gasteiger partial charge in [0.05, 0.1) is 17.6 Å². The highest BCUT2D eigenvalue weighted by Crippen LogP contribution is 2.25. The Morgan fingerprint density at radius 2 is 1.81 bits per heavy atom. The van der Waals surface area contributed by atoms with Gasteiger partial charge in [-0.3, -0.25) is 14.6 Å². The lowest BCUT2D eigenvalue weighted by Crippen LogP contribution is -2.39. The standard InChI is InChI=1S/C21H18ClFN6O2/c22-14-1-5-16(6-2-14)28-12-13(11-26-28)10-25-21(31)18-9-19(20(24)30)29(27-18)17-7-3-15(23)4-8-17/h1-8,11-12,19H,9-10H2,(H2,24,30)(H,25,31). The summed E-state index contributed by atoms with van der Waals surface area (Å²) in [5.41, 5.74) is 7.72. The molecular weight excluding hydrogens is 423 g/mol. The first kappa shape index (κ1) is 20.5. The van der Waals surface area contributed by atoms with Gasteiger partial charge in [-0.2, -0.15) is 10.2 Å². The molecule has 10 heteroatoms. The number of nitrogens with one attached hydrogen (secondary N) is 1. The Morgan fingerprint density at radius 3 is 2.48 bits per heavy atom. The normalized spacial score (nSPS) is 15.6. The fourth-order valence-corrected chi connectivity index (χ4v) is 3.30. The molecule has 2 amide bonds. The van der Waals surface area contributed by atoms with Crippen LogP contribution >= 0.6 is 11.6 Å². The molecule has 0 radical (unpaired) electrons. The topological polar surface area (TPSA) is 106 Å². The van der Waals surface area contributed by atoms with E-state index >= 15 is 0 Å². The van der Waals surface area contributed by atoms with Gasteiger partial charge in [0.15, 0.2) is 0 Å². The smallest absolute Gasteiger partial charge is 0.267 e. The monoisotopic (exact) mass is 440 g/mol. The third kappa shape index (κ3) is 4.56. The van der Waals surface area contributed by atoms with Crippen LogP contribution in [0.1, 0.15) is 12.0 Å². The fraction of sp³-hybridized carbons (Fsp3) is 0.143. The van der Waals surface area contributed by atoms with E-state index in [0.717, 1.165) is 11.3 Å². The minimum absolute atomic E-state index is 0.0581. The third-order valence-corrected chi connectivity index (χ3v) is 5.02. The highest BCUT2D eigenvalue weighted by Gasteiger charge is 2.34. The van der Waals surface area contributed by atoms with Gasteiger partial charge in [-0.15, -0.1) is 0 Å². The lowest BCUT2D eigenvalue weighted by atomic mass is 10.1.